The molecule has 0 aliphatic heterocycles. The molecule has 0 radical (unpaired) electrons. The molecule has 0 spiro atoms. The summed E-state index contributed by atoms with van der Waals surface area (Å²) in [6.07, 6.45) is 0. The molecule has 1 aromatic carbocycles. The third-order valence-corrected chi connectivity index (χ3v) is 1.43. The van der Waals surface area contributed by atoms with E-state index in [4.69, 9.17) is 22.5 Å². The lowest BCUT2D eigenvalue weighted by molar-refractivity contribution is 0.233. The SMILES string of the molecule is NC(=Nc1cc(F)cc(Cl)c1)NO. The van der Waals surface area contributed by atoms with Gasteiger partial charge < -0.3 is 5.73 Å². The minimum absolute atomic E-state index is 0.212. The summed E-state index contributed by atoms with van der Waals surface area (Å²) in [5, 5.41) is 8.51. The Kier molecular flexibility index (Phi) is 3.05. The van der Waals surface area contributed by atoms with Crippen LogP contribution in [0, 0.1) is 5.82 Å². The Hall–Kier alpha value is -1.33. The van der Waals surface area contributed by atoms with Gasteiger partial charge in [0.05, 0.1) is 5.69 Å². The van der Waals surface area contributed by atoms with Crippen molar-refractivity contribution >= 4 is 23.2 Å². The van der Waals surface area contributed by atoms with Crippen LogP contribution in [0.2, 0.25) is 5.02 Å². The number of hydrogen-bond donors (Lipinski definition) is 3. The summed E-state index contributed by atoms with van der Waals surface area (Å²) in [5.74, 6) is -0.751. The first kappa shape index (κ1) is 9.76. The third kappa shape index (κ3) is 2.89. The fourth-order valence-corrected chi connectivity index (χ4v) is 0.984. The first-order valence-electron chi connectivity index (χ1n) is 3.32. The topological polar surface area (TPSA) is 70.6 Å². The van der Waals surface area contributed by atoms with E-state index in [1.54, 1.807) is 5.48 Å². The number of nitrogens with two attached hydrogens (primary N) is 1. The second-order valence-corrected chi connectivity index (χ2v) is 2.67. The molecule has 0 bridgehead atoms. The van der Waals surface area contributed by atoms with E-state index in [0.29, 0.717) is 0 Å². The van der Waals surface area contributed by atoms with E-state index >= 15 is 0 Å². The molecule has 4 nitrogen and oxygen atoms in total. The van der Waals surface area contributed by atoms with Crippen LogP contribution in [0.25, 0.3) is 0 Å². The van der Waals surface area contributed by atoms with E-state index < -0.39 is 5.82 Å². The standard InChI is InChI=1S/C7H7ClFN3O/c8-4-1-5(9)3-6(2-4)11-7(10)12-13/h1-3,13H,(H3,10,11,12). The van der Waals surface area contributed by atoms with E-state index in [1.807, 2.05) is 0 Å². The van der Waals surface area contributed by atoms with Crippen LogP contribution in [0.5, 0.6) is 0 Å². The molecular formula is C7H7ClFN3O. The zero-order chi connectivity index (χ0) is 9.84. The van der Waals surface area contributed by atoms with Gasteiger partial charge in [0.25, 0.3) is 0 Å². The highest BCUT2D eigenvalue weighted by Crippen LogP contribution is 2.20. The average Bonchev–Trinajstić information content (AvgIpc) is 2.02. The molecule has 1 rings (SSSR count). The van der Waals surface area contributed by atoms with Crippen molar-refractivity contribution in [1.82, 2.24) is 5.48 Å². The molecule has 0 aliphatic rings. The molecule has 0 aliphatic carbocycles. The zero-order valence-electron chi connectivity index (χ0n) is 6.46. The number of guanidine groups is 1. The Balaban J connectivity index is 3.02. The first-order chi connectivity index (χ1) is 6.11. The summed E-state index contributed by atoms with van der Waals surface area (Å²) >= 11 is 5.54. The summed E-state index contributed by atoms with van der Waals surface area (Å²) in [7, 11) is 0. The molecular weight excluding hydrogens is 197 g/mol. The van der Waals surface area contributed by atoms with Crippen LogP contribution < -0.4 is 11.2 Å². The lowest BCUT2D eigenvalue weighted by Crippen LogP contribution is -2.27. The Labute approximate surface area is 78.8 Å². The van der Waals surface area contributed by atoms with Crippen LogP contribution >= 0.6 is 11.6 Å². The molecule has 0 atom stereocenters. The van der Waals surface area contributed by atoms with Gasteiger partial charge in [0.15, 0.2) is 0 Å². The third-order valence-electron chi connectivity index (χ3n) is 1.21. The minimum Gasteiger partial charge on any atom is -0.368 e. The van der Waals surface area contributed by atoms with E-state index in [1.165, 1.54) is 6.07 Å². The summed E-state index contributed by atoms with van der Waals surface area (Å²) < 4.78 is 12.7. The highest BCUT2D eigenvalue weighted by molar-refractivity contribution is 6.30. The van der Waals surface area contributed by atoms with Crippen molar-refractivity contribution in [3.63, 3.8) is 0 Å². The van der Waals surface area contributed by atoms with Crippen LogP contribution in [-0.2, 0) is 0 Å². The van der Waals surface area contributed by atoms with Gasteiger partial charge in [-0.2, -0.15) is 0 Å². The quantitative estimate of drug-likeness (QED) is 0.367. The second-order valence-electron chi connectivity index (χ2n) is 2.24. The number of halogens is 2. The zero-order valence-corrected chi connectivity index (χ0v) is 7.22. The van der Waals surface area contributed by atoms with Crippen molar-refractivity contribution in [2.24, 2.45) is 10.7 Å². The van der Waals surface area contributed by atoms with Gasteiger partial charge in [0, 0.05) is 5.02 Å². The van der Waals surface area contributed by atoms with Crippen molar-refractivity contribution in [2.75, 3.05) is 0 Å². The second kappa shape index (κ2) is 4.06. The maximum Gasteiger partial charge on any atom is 0.218 e. The first-order valence-corrected chi connectivity index (χ1v) is 3.70. The number of nitrogens with zero attached hydrogens (tertiary/aromatic N) is 1. The van der Waals surface area contributed by atoms with Crippen molar-refractivity contribution in [2.45, 2.75) is 0 Å². The van der Waals surface area contributed by atoms with Gasteiger partial charge in [-0.15, -0.1) is 0 Å². The minimum atomic E-state index is -0.517. The number of benzene rings is 1. The molecule has 13 heavy (non-hydrogen) atoms. The van der Waals surface area contributed by atoms with Crippen molar-refractivity contribution < 1.29 is 9.60 Å². The van der Waals surface area contributed by atoms with Crippen molar-refractivity contribution in [1.29, 1.82) is 0 Å². The summed E-state index contributed by atoms with van der Waals surface area (Å²) in [6.45, 7) is 0. The van der Waals surface area contributed by atoms with Crippen LogP contribution in [0.1, 0.15) is 0 Å². The number of nitrogens with one attached hydrogen (secondary N) is 1. The molecule has 6 heteroatoms. The van der Waals surface area contributed by atoms with Crippen LogP contribution in [0.3, 0.4) is 0 Å². The molecule has 0 aromatic heterocycles. The molecule has 0 fully saturated rings. The molecule has 0 saturated heterocycles. The molecule has 70 valence electrons. The lowest BCUT2D eigenvalue weighted by atomic mass is 10.3. The van der Waals surface area contributed by atoms with E-state index in [0.717, 1.165) is 12.1 Å². The Morgan fingerprint density at radius 1 is 1.54 bits per heavy atom. The average molecular weight is 204 g/mol. The lowest BCUT2D eigenvalue weighted by Gasteiger charge is -1.98. The highest BCUT2D eigenvalue weighted by atomic mass is 35.5. The van der Waals surface area contributed by atoms with Gasteiger partial charge in [0.1, 0.15) is 5.82 Å². The van der Waals surface area contributed by atoms with E-state index in [2.05, 4.69) is 4.99 Å². The maximum absolute atomic E-state index is 12.7. The van der Waals surface area contributed by atoms with Crippen LogP contribution in [-0.4, -0.2) is 11.2 Å². The number of rotatable bonds is 1. The maximum atomic E-state index is 12.7. The molecule has 0 heterocycles. The molecule has 4 N–H and O–H groups in total. The predicted octanol–water partition coefficient (Wildman–Crippen LogP) is 1.40. The Morgan fingerprint density at radius 3 is 2.77 bits per heavy atom. The summed E-state index contributed by atoms with van der Waals surface area (Å²) in [4.78, 5) is 3.61. The van der Waals surface area contributed by atoms with Crippen molar-refractivity contribution in [3.8, 4) is 0 Å². The van der Waals surface area contributed by atoms with Gasteiger partial charge in [-0.25, -0.2) is 14.9 Å². The van der Waals surface area contributed by atoms with Crippen LogP contribution in [0.15, 0.2) is 23.2 Å². The molecule has 1 aromatic rings. The summed E-state index contributed by atoms with van der Waals surface area (Å²) in [5.41, 5.74) is 6.97. The smallest absolute Gasteiger partial charge is 0.218 e. The van der Waals surface area contributed by atoms with Gasteiger partial charge in [-0.1, -0.05) is 11.6 Å². The largest absolute Gasteiger partial charge is 0.368 e. The number of hydroxylamine groups is 1. The van der Waals surface area contributed by atoms with E-state index in [9.17, 15) is 4.39 Å². The van der Waals surface area contributed by atoms with Gasteiger partial charge in [-0.05, 0) is 18.2 Å². The van der Waals surface area contributed by atoms with Crippen LogP contribution in [0.4, 0.5) is 10.1 Å². The van der Waals surface area contributed by atoms with Gasteiger partial charge in [0.2, 0.25) is 5.96 Å². The Morgan fingerprint density at radius 2 is 2.23 bits per heavy atom. The highest BCUT2D eigenvalue weighted by Gasteiger charge is 1.98. The molecule has 0 unspecified atom stereocenters. The molecule has 0 saturated carbocycles. The molecule has 0 amide bonds. The normalized spacial score (nSPS) is 11.5. The monoisotopic (exact) mass is 203 g/mol. The van der Waals surface area contributed by atoms with Crippen molar-refractivity contribution in [3.05, 3.63) is 29.0 Å². The fourth-order valence-electron chi connectivity index (χ4n) is 0.768. The predicted molar refractivity (Wildman–Crippen MR) is 47.6 cm³/mol. The number of aliphatic imine (C=N–C) groups is 1. The van der Waals surface area contributed by atoms with Gasteiger partial charge >= 0.3 is 0 Å². The Bertz CT molecular complexity index is 322. The van der Waals surface area contributed by atoms with E-state index in [-0.39, 0.29) is 16.7 Å². The summed E-state index contributed by atoms with van der Waals surface area (Å²) in [6, 6.07) is 3.69. The number of hydrogen-bond acceptors (Lipinski definition) is 2. The van der Waals surface area contributed by atoms with Gasteiger partial charge in [-0.3, -0.25) is 5.21 Å². The fraction of sp³-hybridized carbons (Fsp3) is 0.